The lowest BCUT2D eigenvalue weighted by Crippen LogP contribution is -2.57. The van der Waals surface area contributed by atoms with Gasteiger partial charge in [-0.2, -0.15) is 0 Å². The van der Waals surface area contributed by atoms with Crippen molar-refractivity contribution in [3.8, 4) is 5.75 Å². The molecule has 0 bridgehead atoms. The molecular formula is C26H29FN2O5. The first-order valence-electron chi connectivity index (χ1n) is 11.7. The highest BCUT2D eigenvalue weighted by molar-refractivity contribution is 5.95. The number of hydrogen-bond acceptors (Lipinski definition) is 5. The van der Waals surface area contributed by atoms with Crippen molar-refractivity contribution >= 4 is 17.5 Å². The topological polar surface area (TPSA) is 68.3 Å². The molecule has 0 saturated carbocycles. The van der Waals surface area contributed by atoms with Gasteiger partial charge in [-0.15, -0.1) is 0 Å². The minimum Gasteiger partial charge on any atom is -0.497 e. The summed E-state index contributed by atoms with van der Waals surface area (Å²) in [7, 11) is 1.62. The molecule has 3 fully saturated rings. The predicted molar refractivity (Wildman–Crippen MR) is 123 cm³/mol. The van der Waals surface area contributed by atoms with E-state index in [9.17, 15) is 14.0 Å². The predicted octanol–water partition coefficient (Wildman–Crippen LogP) is 2.92. The van der Waals surface area contributed by atoms with Gasteiger partial charge >= 0.3 is 0 Å². The molecule has 1 unspecified atom stereocenters. The SMILES string of the molecule is COc1ccc(C2(C(=O)N3CCC4(C3)CN(c3ccc(F)cc3)C(=O)CO4)CCOCC2)cc1. The Morgan fingerprint density at radius 1 is 1.00 bits per heavy atom. The highest BCUT2D eigenvalue weighted by Gasteiger charge is 2.51. The summed E-state index contributed by atoms with van der Waals surface area (Å²) in [6.45, 7) is 2.30. The number of ether oxygens (including phenoxy) is 3. The average molecular weight is 469 g/mol. The fourth-order valence-corrected chi connectivity index (χ4v) is 5.39. The van der Waals surface area contributed by atoms with Crippen molar-refractivity contribution in [2.45, 2.75) is 30.3 Å². The Morgan fingerprint density at radius 2 is 1.71 bits per heavy atom. The summed E-state index contributed by atoms with van der Waals surface area (Å²) in [5.74, 6) is 0.310. The summed E-state index contributed by atoms with van der Waals surface area (Å²) >= 11 is 0. The van der Waals surface area contributed by atoms with Gasteiger partial charge in [0.15, 0.2) is 0 Å². The number of amides is 2. The largest absolute Gasteiger partial charge is 0.497 e. The molecule has 180 valence electrons. The standard InChI is InChI=1S/C26H29FN2O5/c1-32-22-8-2-19(3-9-22)26(11-14-33-15-12-26)24(31)28-13-10-25(17-28)18-29(23(30)16-34-25)21-6-4-20(27)5-7-21/h2-9H,10-18H2,1H3. The molecule has 3 aliphatic rings. The summed E-state index contributed by atoms with van der Waals surface area (Å²) in [5, 5.41) is 0. The number of likely N-dealkylation sites (tertiary alicyclic amines) is 1. The van der Waals surface area contributed by atoms with Gasteiger partial charge in [0.25, 0.3) is 5.91 Å². The van der Waals surface area contributed by atoms with Gasteiger partial charge in [-0.25, -0.2) is 4.39 Å². The molecule has 2 amide bonds. The van der Waals surface area contributed by atoms with Crippen LogP contribution in [0.25, 0.3) is 0 Å². The molecule has 0 radical (unpaired) electrons. The monoisotopic (exact) mass is 468 g/mol. The van der Waals surface area contributed by atoms with Crippen LogP contribution in [0.1, 0.15) is 24.8 Å². The van der Waals surface area contributed by atoms with Gasteiger partial charge in [-0.3, -0.25) is 9.59 Å². The fourth-order valence-electron chi connectivity index (χ4n) is 5.39. The van der Waals surface area contributed by atoms with Gasteiger partial charge in [-0.1, -0.05) is 12.1 Å². The maximum absolute atomic E-state index is 14.0. The van der Waals surface area contributed by atoms with E-state index in [2.05, 4.69) is 0 Å². The fraction of sp³-hybridized carbons (Fsp3) is 0.462. The number of anilines is 1. The molecule has 34 heavy (non-hydrogen) atoms. The molecule has 8 heteroatoms. The third-order valence-electron chi connectivity index (χ3n) is 7.39. The zero-order valence-corrected chi connectivity index (χ0v) is 19.3. The molecule has 5 rings (SSSR count). The van der Waals surface area contributed by atoms with Gasteiger partial charge < -0.3 is 24.0 Å². The first-order chi connectivity index (χ1) is 16.4. The Balaban J connectivity index is 1.37. The summed E-state index contributed by atoms with van der Waals surface area (Å²) in [6.07, 6.45) is 1.87. The van der Waals surface area contributed by atoms with Crippen LogP contribution in [0.2, 0.25) is 0 Å². The molecule has 3 aliphatic heterocycles. The number of carbonyl (C=O) groups is 2. The Labute approximate surface area is 198 Å². The van der Waals surface area contributed by atoms with Crippen molar-refractivity contribution in [3.63, 3.8) is 0 Å². The molecule has 1 spiro atoms. The average Bonchev–Trinajstić information content (AvgIpc) is 3.29. The van der Waals surface area contributed by atoms with Crippen molar-refractivity contribution < 1.29 is 28.2 Å². The van der Waals surface area contributed by atoms with Gasteiger partial charge in [-0.05, 0) is 61.2 Å². The molecule has 0 aliphatic carbocycles. The molecule has 3 saturated heterocycles. The first-order valence-corrected chi connectivity index (χ1v) is 11.7. The zero-order valence-electron chi connectivity index (χ0n) is 19.3. The van der Waals surface area contributed by atoms with Crippen LogP contribution in [-0.4, -0.2) is 68.9 Å². The van der Waals surface area contributed by atoms with Crippen LogP contribution in [0.15, 0.2) is 48.5 Å². The van der Waals surface area contributed by atoms with E-state index in [1.807, 2.05) is 29.2 Å². The van der Waals surface area contributed by atoms with Crippen LogP contribution in [-0.2, 0) is 24.5 Å². The second-order valence-corrected chi connectivity index (χ2v) is 9.33. The van der Waals surface area contributed by atoms with E-state index in [1.54, 1.807) is 24.1 Å². The molecule has 1 atom stereocenters. The van der Waals surface area contributed by atoms with E-state index in [0.29, 0.717) is 57.8 Å². The van der Waals surface area contributed by atoms with Crippen LogP contribution in [0.5, 0.6) is 5.75 Å². The maximum atomic E-state index is 14.0. The third-order valence-corrected chi connectivity index (χ3v) is 7.39. The number of hydrogen-bond donors (Lipinski definition) is 0. The van der Waals surface area contributed by atoms with E-state index in [-0.39, 0.29) is 24.2 Å². The number of nitrogens with zero attached hydrogens (tertiary/aromatic N) is 2. The maximum Gasteiger partial charge on any atom is 0.253 e. The summed E-state index contributed by atoms with van der Waals surface area (Å²) < 4.78 is 30.3. The number of rotatable bonds is 4. The van der Waals surface area contributed by atoms with Gasteiger partial charge in [0.05, 0.1) is 25.6 Å². The number of morpholine rings is 1. The number of methoxy groups -OCH3 is 1. The van der Waals surface area contributed by atoms with Crippen LogP contribution < -0.4 is 9.64 Å². The normalized spacial score (nSPS) is 24.5. The highest BCUT2D eigenvalue weighted by atomic mass is 19.1. The van der Waals surface area contributed by atoms with Crippen LogP contribution in [0.4, 0.5) is 10.1 Å². The van der Waals surface area contributed by atoms with Gasteiger partial charge in [0, 0.05) is 25.4 Å². The van der Waals surface area contributed by atoms with Gasteiger partial charge in [0.2, 0.25) is 5.91 Å². The molecule has 3 heterocycles. The smallest absolute Gasteiger partial charge is 0.253 e. The first kappa shape index (κ1) is 22.8. The molecule has 0 aromatic heterocycles. The summed E-state index contributed by atoms with van der Waals surface area (Å²) in [6, 6.07) is 13.6. The van der Waals surface area contributed by atoms with Crippen LogP contribution in [0.3, 0.4) is 0 Å². The van der Waals surface area contributed by atoms with Crippen molar-refractivity contribution in [1.82, 2.24) is 4.90 Å². The number of carbonyl (C=O) groups excluding carboxylic acids is 2. The second kappa shape index (κ2) is 9.00. The Kier molecular flexibility index (Phi) is 6.04. The highest BCUT2D eigenvalue weighted by Crippen LogP contribution is 2.40. The second-order valence-electron chi connectivity index (χ2n) is 9.33. The van der Waals surface area contributed by atoms with Crippen LogP contribution >= 0.6 is 0 Å². The van der Waals surface area contributed by atoms with E-state index >= 15 is 0 Å². The quantitative estimate of drug-likeness (QED) is 0.690. The molecule has 2 aromatic rings. The van der Waals surface area contributed by atoms with Gasteiger partial charge in [0.1, 0.15) is 23.8 Å². The number of benzene rings is 2. The zero-order chi connectivity index (χ0) is 23.8. The van der Waals surface area contributed by atoms with E-state index in [1.165, 1.54) is 12.1 Å². The molecule has 7 nitrogen and oxygen atoms in total. The minimum absolute atomic E-state index is 0.0587. The van der Waals surface area contributed by atoms with Crippen LogP contribution in [0, 0.1) is 5.82 Å². The lowest BCUT2D eigenvalue weighted by Gasteiger charge is -2.42. The Bertz CT molecular complexity index is 1050. The van der Waals surface area contributed by atoms with Crippen molar-refractivity contribution in [3.05, 3.63) is 59.9 Å². The summed E-state index contributed by atoms with van der Waals surface area (Å²) in [4.78, 5) is 30.1. The Morgan fingerprint density at radius 3 is 2.38 bits per heavy atom. The molecule has 0 N–H and O–H groups in total. The van der Waals surface area contributed by atoms with Crippen molar-refractivity contribution in [2.75, 3.05) is 51.5 Å². The minimum atomic E-state index is -0.656. The third kappa shape index (κ3) is 4.05. The van der Waals surface area contributed by atoms with Crippen molar-refractivity contribution in [2.24, 2.45) is 0 Å². The molecular weight excluding hydrogens is 439 g/mol. The Hall–Kier alpha value is -2.97. The summed E-state index contributed by atoms with van der Waals surface area (Å²) in [5.41, 5.74) is 0.315. The number of halogens is 1. The molecule has 2 aromatic carbocycles. The van der Waals surface area contributed by atoms with E-state index in [0.717, 1.165) is 11.3 Å². The lowest BCUT2D eigenvalue weighted by atomic mass is 9.73. The van der Waals surface area contributed by atoms with E-state index < -0.39 is 11.0 Å². The van der Waals surface area contributed by atoms with Crippen molar-refractivity contribution in [1.29, 1.82) is 0 Å². The lowest BCUT2D eigenvalue weighted by molar-refractivity contribution is -0.144. The van der Waals surface area contributed by atoms with E-state index in [4.69, 9.17) is 14.2 Å².